The highest BCUT2D eigenvalue weighted by atomic mass is 32.1. The summed E-state index contributed by atoms with van der Waals surface area (Å²) in [5, 5.41) is 1.87. The van der Waals surface area contributed by atoms with E-state index in [1.165, 1.54) is 16.9 Å². The fraction of sp³-hybridized carbons (Fsp3) is 0.312. The number of amides is 1. The lowest BCUT2D eigenvalue weighted by atomic mass is 10.2. The van der Waals surface area contributed by atoms with Gasteiger partial charge in [0.2, 0.25) is 0 Å². The maximum Gasteiger partial charge on any atom is 0.266 e. The number of anilines is 1. The summed E-state index contributed by atoms with van der Waals surface area (Å²) in [5.74, 6) is 0.0712. The lowest BCUT2D eigenvalue weighted by Gasteiger charge is -2.34. The highest BCUT2D eigenvalue weighted by Crippen LogP contribution is 2.21. The minimum atomic E-state index is 0.0712. The Kier molecular flexibility index (Phi) is 4.22. The molecular formula is C16H19N3OS. The van der Waals surface area contributed by atoms with Crippen molar-refractivity contribution >= 4 is 22.9 Å². The average molecular weight is 301 g/mol. The Morgan fingerprint density at radius 3 is 2.43 bits per heavy atom. The van der Waals surface area contributed by atoms with Crippen LogP contribution in [0.4, 0.5) is 5.69 Å². The molecule has 0 radical (unpaired) electrons. The van der Waals surface area contributed by atoms with Gasteiger partial charge in [0.25, 0.3) is 5.91 Å². The van der Waals surface area contributed by atoms with Crippen LogP contribution in [0.25, 0.3) is 0 Å². The SMILES string of the molecule is Nc1ccsc1C(=O)N1CCN(Cc2ccccc2)CC1. The predicted molar refractivity (Wildman–Crippen MR) is 86.4 cm³/mol. The maximum atomic E-state index is 12.4. The highest BCUT2D eigenvalue weighted by Gasteiger charge is 2.24. The molecule has 1 aromatic carbocycles. The number of hydrogen-bond donors (Lipinski definition) is 1. The van der Waals surface area contributed by atoms with Gasteiger partial charge in [-0.2, -0.15) is 0 Å². The van der Waals surface area contributed by atoms with E-state index in [0.29, 0.717) is 10.6 Å². The molecule has 21 heavy (non-hydrogen) atoms. The summed E-state index contributed by atoms with van der Waals surface area (Å²) < 4.78 is 0. The van der Waals surface area contributed by atoms with E-state index in [4.69, 9.17) is 5.73 Å². The summed E-state index contributed by atoms with van der Waals surface area (Å²) in [6.07, 6.45) is 0. The second kappa shape index (κ2) is 6.28. The molecule has 2 N–H and O–H groups in total. The number of carbonyl (C=O) groups is 1. The fourth-order valence-corrected chi connectivity index (χ4v) is 3.37. The lowest BCUT2D eigenvalue weighted by Crippen LogP contribution is -2.48. The molecule has 3 rings (SSSR count). The van der Waals surface area contributed by atoms with Crippen molar-refractivity contribution in [3.63, 3.8) is 0 Å². The number of benzene rings is 1. The van der Waals surface area contributed by atoms with Gasteiger partial charge in [-0.1, -0.05) is 30.3 Å². The summed E-state index contributed by atoms with van der Waals surface area (Å²) in [7, 11) is 0. The molecule has 1 amide bonds. The minimum Gasteiger partial charge on any atom is -0.397 e. The molecule has 5 heteroatoms. The maximum absolute atomic E-state index is 12.4. The molecule has 0 saturated carbocycles. The number of thiophene rings is 1. The smallest absolute Gasteiger partial charge is 0.266 e. The summed E-state index contributed by atoms with van der Waals surface area (Å²) in [6.45, 7) is 4.30. The minimum absolute atomic E-state index is 0.0712. The molecule has 0 aliphatic carbocycles. The van der Waals surface area contributed by atoms with Crippen LogP contribution in [0.2, 0.25) is 0 Å². The van der Waals surface area contributed by atoms with Gasteiger partial charge in [-0.05, 0) is 17.0 Å². The Labute approximate surface area is 128 Å². The zero-order chi connectivity index (χ0) is 14.7. The number of nitrogens with two attached hydrogens (primary N) is 1. The molecule has 1 aliphatic rings. The first-order valence-electron chi connectivity index (χ1n) is 7.12. The first-order valence-corrected chi connectivity index (χ1v) is 8.00. The van der Waals surface area contributed by atoms with E-state index in [1.807, 2.05) is 16.3 Å². The number of carbonyl (C=O) groups excluding carboxylic acids is 1. The van der Waals surface area contributed by atoms with Gasteiger partial charge in [0.05, 0.1) is 5.69 Å². The zero-order valence-corrected chi connectivity index (χ0v) is 12.7. The van der Waals surface area contributed by atoms with Crippen molar-refractivity contribution in [1.29, 1.82) is 0 Å². The molecule has 2 heterocycles. The predicted octanol–water partition coefficient (Wildman–Crippen LogP) is 2.29. The molecule has 1 saturated heterocycles. The third kappa shape index (κ3) is 3.25. The van der Waals surface area contributed by atoms with Gasteiger partial charge in [-0.25, -0.2) is 0 Å². The summed E-state index contributed by atoms with van der Waals surface area (Å²) in [6, 6.07) is 12.2. The van der Waals surface area contributed by atoms with E-state index in [1.54, 1.807) is 6.07 Å². The fourth-order valence-electron chi connectivity index (χ4n) is 2.59. The third-order valence-electron chi connectivity index (χ3n) is 3.80. The largest absolute Gasteiger partial charge is 0.397 e. The molecule has 1 aromatic heterocycles. The Morgan fingerprint density at radius 2 is 1.81 bits per heavy atom. The molecule has 0 spiro atoms. The number of nitrogen functional groups attached to an aromatic ring is 1. The van der Waals surface area contributed by atoms with Gasteiger partial charge in [0.15, 0.2) is 0 Å². The molecule has 4 nitrogen and oxygen atoms in total. The monoisotopic (exact) mass is 301 g/mol. The first kappa shape index (κ1) is 14.1. The molecular weight excluding hydrogens is 282 g/mol. The van der Waals surface area contributed by atoms with Crippen molar-refractivity contribution in [2.45, 2.75) is 6.54 Å². The lowest BCUT2D eigenvalue weighted by molar-refractivity contribution is 0.0634. The van der Waals surface area contributed by atoms with Gasteiger partial charge in [-0.3, -0.25) is 9.69 Å². The summed E-state index contributed by atoms with van der Waals surface area (Å²) in [4.78, 5) is 17.3. The van der Waals surface area contributed by atoms with E-state index in [0.717, 1.165) is 32.7 Å². The number of hydrogen-bond acceptors (Lipinski definition) is 4. The molecule has 1 fully saturated rings. The summed E-state index contributed by atoms with van der Waals surface area (Å²) in [5.41, 5.74) is 7.74. The van der Waals surface area contributed by atoms with E-state index in [-0.39, 0.29) is 5.91 Å². The van der Waals surface area contributed by atoms with Crippen LogP contribution >= 0.6 is 11.3 Å². The molecule has 0 bridgehead atoms. The third-order valence-corrected chi connectivity index (χ3v) is 4.72. The molecule has 0 atom stereocenters. The van der Waals surface area contributed by atoms with Gasteiger partial charge in [-0.15, -0.1) is 11.3 Å². The van der Waals surface area contributed by atoms with Crippen LogP contribution in [-0.2, 0) is 6.54 Å². The van der Waals surface area contributed by atoms with Gasteiger partial charge >= 0.3 is 0 Å². The van der Waals surface area contributed by atoms with Crippen LogP contribution in [0.1, 0.15) is 15.2 Å². The first-order chi connectivity index (χ1) is 10.2. The average Bonchev–Trinajstić information content (AvgIpc) is 2.94. The van der Waals surface area contributed by atoms with Crippen LogP contribution < -0.4 is 5.73 Å². The quantitative estimate of drug-likeness (QED) is 0.946. The van der Waals surface area contributed by atoms with E-state index >= 15 is 0 Å². The van der Waals surface area contributed by atoms with Crippen LogP contribution in [-0.4, -0.2) is 41.9 Å². The van der Waals surface area contributed by atoms with Crippen molar-refractivity contribution in [3.05, 3.63) is 52.2 Å². The Bertz CT molecular complexity index is 603. The second-order valence-electron chi connectivity index (χ2n) is 5.26. The highest BCUT2D eigenvalue weighted by molar-refractivity contribution is 7.12. The van der Waals surface area contributed by atoms with Crippen LogP contribution in [0, 0.1) is 0 Å². The Balaban J connectivity index is 1.56. The van der Waals surface area contributed by atoms with E-state index < -0.39 is 0 Å². The Morgan fingerprint density at radius 1 is 1.10 bits per heavy atom. The van der Waals surface area contributed by atoms with E-state index in [2.05, 4.69) is 29.2 Å². The van der Waals surface area contributed by atoms with Crippen LogP contribution in [0.15, 0.2) is 41.8 Å². The van der Waals surface area contributed by atoms with Crippen molar-refractivity contribution in [3.8, 4) is 0 Å². The second-order valence-corrected chi connectivity index (χ2v) is 6.18. The molecule has 110 valence electrons. The van der Waals surface area contributed by atoms with Crippen molar-refractivity contribution in [2.75, 3.05) is 31.9 Å². The van der Waals surface area contributed by atoms with Gasteiger partial charge in [0.1, 0.15) is 4.88 Å². The summed E-state index contributed by atoms with van der Waals surface area (Å²) >= 11 is 1.42. The Hall–Kier alpha value is -1.85. The number of piperazine rings is 1. The van der Waals surface area contributed by atoms with Crippen LogP contribution in [0.5, 0.6) is 0 Å². The molecule has 1 aliphatic heterocycles. The normalized spacial score (nSPS) is 16.1. The van der Waals surface area contributed by atoms with Crippen LogP contribution in [0.3, 0.4) is 0 Å². The van der Waals surface area contributed by atoms with Gasteiger partial charge < -0.3 is 10.6 Å². The number of nitrogens with zero attached hydrogens (tertiary/aromatic N) is 2. The number of rotatable bonds is 3. The van der Waals surface area contributed by atoms with Crippen molar-refractivity contribution in [2.24, 2.45) is 0 Å². The topological polar surface area (TPSA) is 49.6 Å². The molecule has 0 unspecified atom stereocenters. The zero-order valence-electron chi connectivity index (χ0n) is 11.9. The standard InChI is InChI=1S/C16H19N3OS/c17-14-6-11-21-15(14)16(20)19-9-7-18(8-10-19)12-13-4-2-1-3-5-13/h1-6,11H,7-10,12,17H2. The van der Waals surface area contributed by atoms with E-state index in [9.17, 15) is 4.79 Å². The van der Waals surface area contributed by atoms with Crippen molar-refractivity contribution in [1.82, 2.24) is 9.80 Å². The van der Waals surface area contributed by atoms with Crippen molar-refractivity contribution < 1.29 is 4.79 Å². The van der Waals surface area contributed by atoms with Gasteiger partial charge in [0, 0.05) is 32.7 Å². The molecule has 2 aromatic rings.